The SMILES string of the molecule is NCCN(c1ccc(S(N)(=O)=O)cc1)C1CCCC1. The molecule has 4 N–H and O–H groups in total. The van der Waals surface area contributed by atoms with E-state index in [0.29, 0.717) is 12.6 Å². The molecule has 0 atom stereocenters. The monoisotopic (exact) mass is 283 g/mol. The Labute approximate surface area is 114 Å². The smallest absolute Gasteiger partial charge is 0.238 e. The molecule has 5 nitrogen and oxygen atoms in total. The average Bonchev–Trinajstić information content (AvgIpc) is 2.89. The molecular weight excluding hydrogens is 262 g/mol. The third kappa shape index (κ3) is 3.46. The molecule has 0 saturated heterocycles. The Morgan fingerprint density at radius 2 is 1.74 bits per heavy atom. The van der Waals surface area contributed by atoms with Crippen LogP contribution in [-0.2, 0) is 10.0 Å². The molecule has 1 fully saturated rings. The molecule has 6 heteroatoms. The highest BCUT2D eigenvalue weighted by Crippen LogP contribution is 2.28. The van der Waals surface area contributed by atoms with E-state index in [9.17, 15) is 8.42 Å². The quantitative estimate of drug-likeness (QED) is 0.845. The highest BCUT2D eigenvalue weighted by molar-refractivity contribution is 7.89. The van der Waals surface area contributed by atoms with Crippen LogP contribution in [0.5, 0.6) is 0 Å². The summed E-state index contributed by atoms with van der Waals surface area (Å²) >= 11 is 0. The third-order valence-electron chi connectivity index (χ3n) is 3.63. The Balaban J connectivity index is 2.22. The molecule has 1 aromatic carbocycles. The van der Waals surface area contributed by atoms with E-state index in [1.807, 2.05) is 12.1 Å². The number of hydrogen-bond acceptors (Lipinski definition) is 4. The van der Waals surface area contributed by atoms with Crippen molar-refractivity contribution in [3.63, 3.8) is 0 Å². The summed E-state index contributed by atoms with van der Waals surface area (Å²) in [4.78, 5) is 2.43. The Kier molecular flexibility index (Phi) is 4.44. The van der Waals surface area contributed by atoms with Crippen LogP contribution < -0.4 is 15.8 Å². The molecule has 0 amide bonds. The standard InChI is InChI=1S/C13H21N3O2S/c14-9-10-16(11-3-1-2-4-11)12-5-7-13(8-6-12)19(15,17)18/h5-8,11H,1-4,9-10,14H2,(H2,15,17,18). The van der Waals surface area contributed by atoms with Crippen molar-refractivity contribution in [1.82, 2.24) is 0 Å². The summed E-state index contributed by atoms with van der Waals surface area (Å²) in [5.41, 5.74) is 6.69. The number of anilines is 1. The van der Waals surface area contributed by atoms with Crippen LogP contribution in [0, 0.1) is 0 Å². The lowest BCUT2D eigenvalue weighted by Crippen LogP contribution is -2.37. The molecule has 0 aromatic heterocycles. The Bertz CT molecular complexity index is 507. The summed E-state index contributed by atoms with van der Waals surface area (Å²) in [6.07, 6.45) is 4.86. The van der Waals surface area contributed by atoms with Crippen LogP contribution in [0.1, 0.15) is 25.7 Å². The van der Waals surface area contributed by atoms with E-state index >= 15 is 0 Å². The lowest BCUT2D eigenvalue weighted by atomic mass is 10.1. The number of benzene rings is 1. The van der Waals surface area contributed by atoms with Gasteiger partial charge in [0, 0.05) is 24.8 Å². The third-order valence-corrected chi connectivity index (χ3v) is 4.56. The summed E-state index contributed by atoms with van der Waals surface area (Å²) in [5.74, 6) is 0. The van der Waals surface area contributed by atoms with Crippen molar-refractivity contribution < 1.29 is 8.42 Å². The second-order valence-electron chi connectivity index (χ2n) is 4.96. The first-order valence-corrected chi connectivity index (χ1v) is 8.16. The molecule has 0 spiro atoms. The van der Waals surface area contributed by atoms with Gasteiger partial charge in [0.1, 0.15) is 0 Å². The van der Waals surface area contributed by atoms with Gasteiger partial charge in [-0.1, -0.05) is 12.8 Å². The molecule has 0 aliphatic heterocycles. The van der Waals surface area contributed by atoms with Crippen LogP contribution in [0.2, 0.25) is 0 Å². The van der Waals surface area contributed by atoms with E-state index in [0.717, 1.165) is 12.2 Å². The maximum Gasteiger partial charge on any atom is 0.238 e. The van der Waals surface area contributed by atoms with Gasteiger partial charge in [0.05, 0.1) is 4.90 Å². The molecule has 19 heavy (non-hydrogen) atoms. The molecule has 1 aliphatic rings. The topological polar surface area (TPSA) is 89.4 Å². The Morgan fingerprint density at radius 3 is 2.21 bits per heavy atom. The fourth-order valence-corrected chi connectivity index (χ4v) is 3.22. The molecule has 0 bridgehead atoms. The van der Waals surface area contributed by atoms with Crippen LogP contribution in [0.25, 0.3) is 0 Å². The minimum atomic E-state index is -3.62. The summed E-state index contributed by atoms with van der Waals surface area (Å²) in [7, 11) is -3.62. The predicted molar refractivity (Wildman–Crippen MR) is 76.5 cm³/mol. The van der Waals surface area contributed by atoms with E-state index in [2.05, 4.69) is 4.90 Å². The predicted octanol–water partition coefficient (Wildman–Crippen LogP) is 1.04. The van der Waals surface area contributed by atoms with Gasteiger partial charge in [-0.3, -0.25) is 0 Å². The molecule has 106 valence electrons. The molecule has 1 aromatic rings. The lowest BCUT2D eigenvalue weighted by molar-refractivity contribution is 0.597. The first-order valence-electron chi connectivity index (χ1n) is 6.62. The van der Waals surface area contributed by atoms with E-state index in [-0.39, 0.29) is 4.90 Å². The summed E-state index contributed by atoms with van der Waals surface area (Å²) in [5, 5.41) is 5.10. The zero-order chi connectivity index (χ0) is 13.9. The zero-order valence-electron chi connectivity index (χ0n) is 11.0. The van der Waals surface area contributed by atoms with Crippen LogP contribution in [-0.4, -0.2) is 27.5 Å². The number of sulfonamides is 1. The van der Waals surface area contributed by atoms with Gasteiger partial charge in [0.15, 0.2) is 0 Å². The number of nitrogens with zero attached hydrogens (tertiary/aromatic N) is 1. The average molecular weight is 283 g/mol. The van der Waals surface area contributed by atoms with E-state index in [1.54, 1.807) is 12.1 Å². The van der Waals surface area contributed by atoms with Crippen LogP contribution >= 0.6 is 0 Å². The lowest BCUT2D eigenvalue weighted by Gasteiger charge is -2.30. The fraction of sp³-hybridized carbons (Fsp3) is 0.538. The van der Waals surface area contributed by atoms with Crippen molar-refractivity contribution in [2.45, 2.75) is 36.6 Å². The van der Waals surface area contributed by atoms with Crippen molar-refractivity contribution in [3.05, 3.63) is 24.3 Å². The number of primary sulfonamides is 1. The van der Waals surface area contributed by atoms with Crippen LogP contribution in [0.3, 0.4) is 0 Å². The number of hydrogen-bond donors (Lipinski definition) is 2. The largest absolute Gasteiger partial charge is 0.367 e. The molecule has 0 heterocycles. The molecule has 0 radical (unpaired) electrons. The van der Waals surface area contributed by atoms with E-state index < -0.39 is 10.0 Å². The summed E-state index contributed by atoms with van der Waals surface area (Å²) in [6.45, 7) is 1.38. The van der Waals surface area contributed by atoms with Crippen molar-refractivity contribution in [1.29, 1.82) is 0 Å². The van der Waals surface area contributed by atoms with E-state index in [1.165, 1.54) is 25.7 Å². The second kappa shape index (κ2) is 5.90. The van der Waals surface area contributed by atoms with Crippen molar-refractivity contribution in [2.75, 3.05) is 18.0 Å². The molecule has 0 unspecified atom stereocenters. The van der Waals surface area contributed by atoms with Crippen molar-refractivity contribution in [2.24, 2.45) is 10.9 Å². The first-order chi connectivity index (χ1) is 9.02. The van der Waals surface area contributed by atoms with Gasteiger partial charge in [-0.15, -0.1) is 0 Å². The van der Waals surface area contributed by atoms with Crippen LogP contribution in [0.15, 0.2) is 29.2 Å². The van der Waals surface area contributed by atoms with Gasteiger partial charge in [-0.2, -0.15) is 0 Å². The van der Waals surface area contributed by atoms with Gasteiger partial charge >= 0.3 is 0 Å². The molecular formula is C13H21N3O2S. The zero-order valence-corrected chi connectivity index (χ0v) is 11.8. The summed E-state index contributed by atoms with van der Waals surface area (Å²) in [6, 6.07) is 7.26. The normalized spacial score (nSPS) is 16.7. The highest BCUT2D eigenvalue weighted by atomic mass is 32.2. The van der Waals surface area contributed by atoms with Gasteiger partial charge in [-0.25, -0.2) is 13.6 Å². The molecule has 2 rings (SSSR count). The maximum atomic E-state index is 11.2. The molecule has 1 saturated carbocycles. The van der Waals surface area contributed by atoms with Crippen molar-refractivity contribution in [3.8, 4) is 0 Å². The Morgan fingerprint density at radius 1 is 1.16 bits per heavy atom. The number of rotatable bonds is 5. The first kappa shape index (κ1) is 14.3. The van der Waals surface area contributed by atoms with Gasteiger partial charge < -0.3 is 10.6 Å². The molecule has 1 aliphatic carbocycles. The van der Waals surface area contributed by atoms with Gasteiger partial charge in [0.2, 0.25) is 10.0 Å². The Hall–Kier alpha value is -1.11. The maximum absolute atomic E-state index is 11.2. The second-order valence-corrected chi connectivity index (χ2v) is 6.52. The minimum absolute atomic E-state index is 0.148. The summed E-state index contributed by atoms with van der Waals surface area (Å²) < 4.78 is 22.5. The highest BCUT2D eigenvalue weighted by Gasteiger charge is 2.22. The number of nitrogens with two attached hydrogens (primary N) is 2. The van der Waals surface area contributed by atoms with Gasteiger partial charge in [-0.05, 0) is 37.1 Å². The van der Waals surface area contributed by atoms with Crippen molar-refractivity contribution >= 4 is 15.7 Å². The van der Waals surface area contributed by atoms with Gasteiger partial charge in [0.25, 0.3) is 0 Å². The fourth-order valence-electron chi connectivity index (χ4n) is 2.70. The van der Waals surface area contributed by atoms with Crippen LogP contribution in [0.4, 0.5) is 5.69 Å². The minimum Gasteiger partial charge on any atom is -0.367 e. The van der Waals surface area contributed by atoms with E-state index in [4.69, 9.17) is 10.9 Å².